The first-order valence-corrected chi connectivity index (χ1v) is 6.46. The smallest absolute Gasteiger partial charge is 0.0152 e. The number of unbranched alkanes of at least 4 members (excludes halogenated alkanes) is 1. The van der Waals surface area contributed by atoms with E-state index in [1.54, 1.807) is 0 Å². The third-order valence-electron chi connectivity index (χ3n) is 3.15. The minimum Gasteiger partial charge on any atom is -0.0654 e. The maximum absolute atomic E-state index is 2.27. The topological polar surface area (TPSA) is 0 Å². The number of rotatable bonds is 4. The van der Waals surface area contributed by atoms with Gasteiger partial charge in [0.2, 0.25) is 0 Å². The minimum absolute atomic E-state index is 1.18. The Labute approximate surface area is 104 Å². The van der Waals surface area contributed by atoms with Crippen LogP contribution in [0.2, 0.25) is 0 Å². The number of aryl methyl sites for hydroxylation is 2. The molecule has 0 unspecified atom stereocenters. The zero-order valence-corrected chi connectivity index (χ0v) is 10.7. The second kappa shape index (κ2) is 5.67. The highest BCUT2D eigenvalue weighted by molar-refractivity contribution is 5.67. The average molecular weight is 224 g/mol. The summed E-state index contributed by atoms with van der Waals surface area (Å²) in [6, 6.07) is 17.5. The van der Waals surface area contributed by atoms with E-state index in [2.05, 4.69) is 62.4 Å². The van der Waals surface area contributed by atoms with Crippen molar-refractivity contribution in [1.82, 2.24) is 0 Å². The van der Waals surface area contributed by atoms with Crippen LogP contribution in [0.4, 0.5) is 0 Å². The second-order valence-electron chi connectivity index (χ2n) is 4.63. The lowest BCUT2D eigenvalue weighted by Crippen LogP contribution is -1.90. The molecule has 0 heteroatoms. The Hall–Kier alpha value is -1.56. The van der Waals surface area contributed by atoms with Crippen molar-refractivity contribution in [3.63, 3.8) is 0 Å². The lowest BCUT2D eigenvalue weighted by molar-refractivity contribution is 0.796. The molecule has 0 heterocycles. The number of benzene rings is 2. The van der Waals surface area contributed by atoms with Crippen molar-refractivity contribution in [2.75, 3.05) is 0 Å². The standard InChI is InChI=1S/C17H20/c1-3-4-9-15-10-5-6-12-17(15)16-11-7-8-14(2)13-16/h5-8,10-13H,3-4,9H2,1-2H3. The lowest BCUT2D eigenvalue weighted by Gasteiger charge is -2.09. The molecule has 0 aromatic heterocycles. The van der Waals surface area contributed by atoms with Crippen LogP contribution in [0.5, 0.6) is 0 Å². The maximum Gasteiger partial charge on any atom is -0.0152 e. The van der Waals surface area contributed by atoms with Gasteiger partial charge in [-0.2, -0.15) is 0 Å². The highest BCUT2D eigenvalue weighted by atomic mass is 14.1. The molecule has 0 aliphatic carbocycles. The van der Waals surface area contributed by atoms with Crippen molar-refractivity contribution in [2.45, 2.75) is 33.1 Å². The lowest BCUT2D eigenvalue weighted by atomic mass is 9.95. The third kappa shape index (κ3) is 2.97. The molecule has 2 rings (SSSR count). The SMILES string of the molecule is CCCCc1ccccc1-c1cccc(C)c1. The van der Waals surface area contributed by atoms with E-state index in [0.717, 1.165) is 0 Å². The molecule has 0 radical (unpaired) electrons. The Bertz CT molecular complexity index is 483. The van der Waals surface area contributed by atoms with Gasteiger partial charge < -0.3 is 0 Å². The van der Waals surface area contributed by atoms with Crippen molar-refractivity contribution in [1.29, 1.82) is 0 Å². The second-order valence-corrected chi connectivity index (χ2v) is 4.63. The minimum atomic E-state index is 1.18. The molecule has 0 bridgehead atoms. The van der Waals surface area contributed by atoms with Crippen LogP contribution in [0.1, 0.15) is 30.9 Å². The van der Waals surface area contributed by atoms with Crippen molar-refractivity contribution < 1.29 is 0 Å². The Morgan fingerprint density at radius 3 is 2.53 bits per heavy atom. The molecule has 0 aliphatic rings. The van der Waals surface area contributed by atoms with Crippen LogP contribution >= 0.6 is 0 Å². The van der Waals surface area contributed by atoms with Crippen molar-refractivity contribution in [3.05, 3.63) is 59.7 Å². The summed E-state index contributed by atoms with van der Waals surface area (Å²) in [5, 5.41) is 0. The van der Waals surface area contributed by atoms with Gasteiger partial charge in [0.15, 0.2) is 0 Å². The summed E-state index contributed by atoms with van der Waals surface area (Å²) in [6.45, 7) is 4.40. The molecular weight excluding hydrogens is 204 g/mol. The first-order valence-electron chi connectivity index (χ1n) is 6.46. The summed E-state index contributed by atoms with van der Waals surface area (Å²) < 4.78 is 0. The fraction of sp³-hybridized carbons (Fsp3) is 0.294. The highest BCUT2D eigenvalue weighted by Gasteiger charge is 2.03. The molecule has 0 N–H and O–H groups in total. The zero-order chi connectivity index (χ0) is 12.1. The zero-order valence-electron chi connectivity index (χ0n) is 10.7. The van der Waals surface area contributed by atoms with Gasteiger partial charge in [0, 0.05) is 0 Å². The van der Waals surface area contributed by atoms with E-state index in [9.17, 15) is 0 Å². The van der Waals surface area contributed by atoms with Gasteiger partial charge in [-0.1, -0.05) is 67.4 Å². The molecule has 0 fully saturated rings. The van der Waals surface area contributed by atoms with Crippen LogP contribution in [0.3, 0.4) is 0 Å². The van der Waals surface area contributed by atoms with E-state index in [4.69, 9.17) is 0 Å². The summed E-state index contributed by atoms with van der Waals surface area (Å²) >= 11 is 0. The third-order valence-corrected chi connectivity index (χ3v) is 3.15. The van der Waals surface area contributed by atoms with Gasteiger partial charge >= 0.3 is 0 Å². The molecule has 0 aliphatic heterocycles. The van der Waals surface area contributed by atoms with Gasteiger partial charge in [-0.15, -0.1) is 0 Å². The Kier molecular flexibility index (Phi) is 3.98. The highest BCUT2D eigenvalue weighted by Crippen LogP contribution is 2.25. The quantitative estimate of drug-likeness (QED) is 0.685. The summed E-state index contributed by atoms with van der Waals surface area (Å²) in [4.78, 5) is 0. The normalized spacial score (nSPS) is 10.5. The van der Waals surface area contributed by atoms with E-state index in [0.29, 0.717) is 0 Å². The Balaban J connectivity index is 2.37. The van der Waals surface area contributed by atoms with Gasteiger partial charge in [0.25, 0.3) is 0 Å². The average Bonchev–Trinajstić information content (AvgIpc) is 2.37. The molecule has 2 aromatic rings. The Morgan fingerprint density at radius 1 is 0.941 bits per heavy atom. The molecule has 0 spiro atoms. The van der Waals surface area contributed by atoms with Crippen LogP contribution in [0, 0.1) is 6.92 Å². The van der Waals surface area contributed by atoms with E-state index in [1.165, 1.54) is 41.5 Å². The summed E-state index contributed by atoms with van der Waals surface area (Å²) in [6.07, 6.45) is 3.70. The molecule has 0 amide bonds. The molecule has 0 nitrogen and oxygen atoms in total. The number of hydrogen-bond acceptors (Lipinski definition) is 0. The van der Waals surface area contributed by atoms with Crippen molar-refractivity contribution in [3.8, 4) is 11.1 Å². The summed E-state index contributed by atoms with van der Waals surface area (Å²) in [5.41, 5.74) is 5.54. The predicted octanol–water partition coefficient (Wildman–Crippen LogP) is 5.00. The monoisotopic (exact) mass is 224 g/mol. The predicted molar refractivity (Wildman–Crippen MR) is 75.2 cm³/mol. The van der Waals surface area contributed by atoms with Crippen LogP contribution in [0.15, 0.2) is 48.5 Å². The first kappa shape index (κ1) is 11.9. The van der Waals surface area contributed by atoms with Gasteiger partial charge in [-0.05, 0) is 36.5 Å². The number of hydrogen-bond donors (Lipinski definition) is 0. The van der Waals surface area contributed by atoms with Crippen LogP contribution in [0.25, 0.3) is 11.1 Å². The fourth-order valence-corrected chi connectivity index (χ4v) is 2.20. The maximum atomic E-state index is 2.27. The van der Waals surface area contributed by atoms with Crippen LogP contribution in [-0.4, -0.2) is 0 Å². The molecule has 2 aromatic carbocycles. The summed E-state index contributed by atoms with van der Waals surface area (Å²) in [7, 11) is 0. The van der Waals surface area contributed by atoms with Crippen LogP contribution < -0.4 is 0 Å². The van der Waals surface area contributed by atoms with E-state index in [1.807, 2.05) is 0 Å². The molecule has 88 valence electrons. The van der Waals surface area contributed by atoms with Crippen LogP contribution in [-0.2, 0) is 6.42 Å². The van der Waals surface area contributed by atoms with E-state index in [-0.39, 0.29) is 0 Å². The summed E-state index contributed by atoms with van der Waals surface area (Å²) in [5.74, 6) is 0. The molecular formula is C17H20. The fourth-order valence-electron chi connectivity index (χ4n) is 2.20. The van der Waals surface area contributed by atoms with Gasteiger partial charge in [0.05, 0.1) is 0 Å². The Morgan fingerprint density at radius 2 is 1.76 bits per heavy atom. The molecule has 0 saturated heterocycles. The van der Waals surface area contributed by atoms with Crippen molar-refractivity contribution >= 4 is 0 Å². The largest absolute Gasteiger partial charge is 0.0654 e. The van der Waals surface area contributed by atoms with Gasteiger partial charge in [-0.3, -0.25) is 0 Å². The van der Waals surface area contributed by atoms with E-state index < -0.39 is 0 Å². The van der Waals surface area contributed by atoms with E-state index >= 15 is 0 Å². The molecule has 17 heavy (non-hydrogen) atoms. The van der Waals surface area contributed by atoms with Crippen molar-refractivity contribution in [2.24, 2.45) is 0 Å². The van der Waals surface area contributed by atoms with Gasteiger partial charge in [0.1, 0.15) is 0 Å². The first-order chi connectivity index (χ1) is 8.31. The van der Waals surface area contributed by atoms with Gasteiger partial charge in [-0.25, -0.2) is 0 Å². The molecule has 0 atom stereocenters. The molecule has 0 saturated carbocycles.